The first kappa shape index (κ1) is 21.9. The minimum absolute atomic E-state index is 0.0578. The number of ketones is 2. The third-order valence-corrected chi connectivity index (χ3v) is 5.32. The third-order valence-electron chi connectivity index (χ3n) is 5.32. The molecule has 4 rings (SSSR count). The molecule has 0 aromatic heterocycles. The van der Waals surface area contributed by atoms with E-state index in [0.29, 0.717) is 4.90 Å². The van der Waals surface area contributed by atoms with Crippen molar-refractivity contribution in [2.24, 2.45) is 0 Å². The van der Waals surface area contributed by atoms with Gasteiger partial charge in [0.2, 0.25) is 0 Å². The monoisotopic (exact) mass is 449 g/mol. The van der Waals surface area contributed by atoms with Crippen LogP contribution >= 0.6 is 0 Å². The number of rotatable bonds is 5. The molecule has 0 unspecified atom stereocenters. The summed E-state index contributed by atoms with van der Waals surface area (Å²) in [5.74, 6) is -3.04. The van der Waals surface area contributed by atoms with E-state index in [2.05, 4.69) is 10.6 Å². The van der Waals surface area contributed by atoms with Crippen molar-refractivity contribution in [1.29, 1.82) is 0 Å². The second kappa shape index (κ2) is 7.97. The number of amides is 4. The average Bonchev–Trinajstić information content (AvgIpc) is 2.97. The Hall–Kier alpha value is -4.34. The predicted molar refractivity (Wildman–Crippen MR) is 114 cm³/mol. The molecule has 2 aromatic rings. The Labute approximate surface area is 187 Å². The van der Waals surface area contributed by atoms with E-state index in [4.69, 9.17) is 4.74 Å². The lowest BCUT2D eigenvalue weighted by Crippen LogP contribution is -2.41. The Morgan fingerprint density at radius 3 is 2.21 bits per heavy atom. The molecule has 1 aliphatic heterocycles. The number of nitrogens with one attached hydrogen (secondary N) is 2. The molecule has 2 N–H and O–H groups in total. The number of hydrogen-bond acceptors (Lipinski definition) is 7. The highest BCUT2D eigenvalue weighted by Gasteiger charge is 2.45. The molecule has 2 aromatic carbocycles. The van der Waals surface area contributed by atoms with Gasteiger partial charge in [-0.1, -0.05) is 36.4 Å². The topological polar surface area (TPSA) is 139 Å². The lowest BCUT2D eigenvalue weighted by atomic mass is 9.83. The highest BCUT2D eigenvalue weighted by Crippen LogP contribution is 2.31. The fourth-order valence-electron chi connectivity index (χ4n) is 3.72. The normalized spacial score (nSPS) is 16.1. The molecule has 1 aliphatic carbocycles. The van der Waals surface area contributed by atoms with Gasteiger partial charge in [0.15, 0.2) is 18.2 Å². The van der Waals surface area contributed by atoms with Gasteiger partial charge in [0.25, 0.3) is 11.8 Å². The van der Waals surface area contributed by atoms with Crippen molar-refractivity contribution in [3.05, 3.63) is 64.7 Å². The largest absolute Gasteiger partial charge is 0.454 e. The number of imide groups is 1. The molecule has 33 heavy (non-hydrogen) atoms. The maximum absolute atomic E-state index is 13.0. The summed E-state index contributed by atoms with van der Waals surface area (Å²) in [5, 5.41) is 4.91. The van der Waals surface area contributed by atoms with Gasteiger partial charge in [-0.05, 0) is 19.9 Å². The van der Waals surface area contributed by atoms with Crippen molar-refractivity contribution >= 4 is 41.1 Å². The molecule has 10 heteroatoms. The van der Waals surface area contributed by atoms with Crippen LogP contribution in [0.4, 0.5) is 10.5 Å². The second-order valence-corrected chi connectivity index (χ2v) is 8.09. The van der Waals surface area contributed by atoms with Crippen molar-refractivity contribution in [3.63, 3.8) is 0 Å². The van der Waals surface area contributed by atoms with Crippen LogP contribution in [-0.4, -0.2) is 59.0 Å². The average molecular weight is 449 g/mol. The number of esters is 1. The molecule has 0 spiro atoms. The maximum Gasteiger partial charge on any atom is 0.326 e. The van der Waals surface area contributed by atoms with Crippen LogP contribution in [0.1, 0.15) is 45.7 Å². The number of hydrogen-bond donors (Lipinski definition) is 2. The smallest absolute Gasteiger partial charge is 0.326 e. The number of anilines is 1. The summed E-state index contributed by atoms with van der Waals surface area (Å²) in [6, 6.07) is 10.2. The van der Waals surface area contributed by atoms with Crippen molar-refractivity contribution in [1.82, 2.24) is 10.2 Å². The molecule has 0 saturated carbocycles. The summed E-state index contributed by atoms with van der Waals surface area (Å²) in [5.41, 5.74) is -0.283. The van der Waals surface area contributed by atoms with Gasteiger partial charge < -0.3 is 15.4 Å². The molecular weight excluding hydrogens is 430 g/mol. The molecule has 0 radical (unpaired) electrons. The van der Waals surface area contributed by atoms with Crippen LogP contribution in [0, 0.1) is 0 Å². The van der Waals surface area contributed by atoms with Crippen molar-refractivity contribution in [3.8, 4) is 0 Å². The third kappa shape index (κ3) is 3.86. The van der Waals surface area contributed by atoms with Gasteiger partial charge in [-0.2, -0.15) is 0 Å². The molecule has 168 valence electrons. The molecule has 2 aliphatic rings. The zero-order valence-electron chi connectivity index (χ0n) is 17.8. The SMILES string of the molecule is CC1(C)NC(=O)N(CC(=O)OCC(=O)Nc2cccc3c2C(=O)c2ccccc2C3=O)C1=O. The number of carbonyl (C=O) groups excluding carboxylic acids is 6. The number of fused-ring (bicyclic) bond motifs is 2. The Morgan fingerprint density at radius 2 is 1.58 bits per heavy atom. The number of urea groups is 1. The summed E-state index contributed by atoms with van der Waals surface area (Å²) >= 11 is 0. The molecule has 4 amide bonds. The maximum atomic E-state index is 13.0. The standard InChI is InChI=1S/C23H19N3O7/c1-23(2)21(31)26(22(32)25-23)10-17(28)33-11-16(27)24-15-9-5-8-14-18(15)20(30)13-7-4-3-6-12(13)19(14)29/h3-9H,10-11H2,1-2H3,(H,24,27)(H,25,32). The van der Waals surface area contributed by atoms with Gasteiger partial charge in [0.1, 0.15) is 12.1 Å². The number of nitrogens with zero attached hydrogens (tertiary/aromatic N) is 1. The summed E-state index contributed by atoms with van der Waals surface area (Å²) < 4.78 is 4.87. The van der Waals surface area contributed by atoms with E-state index in [-0.39, 0.29) is 33.7 Å². The lowest BCUT2D eigenvalue weighted by molar-refractivity contribution is -0.150. The van der Waals surface area contributed by atoms with Crippen LogP contribution in [-0.2, 0) is 19.1 Å². The van der Waals surface area contributed by atoms with Crippen molar-refractivity contribution in [2.75, 3.05) is 18.5 Å². The predicted octanol–water partition coefficient (Wildman–Crippen LogP) is 1.27. The zero-order chi connectivity index (χ0) is 23.9. The van der Waals surface area contributed by atoms with E-state index < -0.39 is 48.3 Å². The van der Waals surface area contributed by atoms with Gasteiger partial charge in [0, 0.05) is 16.7 Å². The minimum atomic E-state index is -1.14. The molecule has 0 atom stereocenters. The second-order valence-electron chi connectivity index (χ2n) is 8.09. The molecule has 1 heterocycles. The van der Waals surface area contributed by atoms with Crippen molar-refractivity contribution < 1.29 is 33.5 Å². The Morgan fingerprint density at radius 1 is 0.939 bits per heavy atom. The van der Waals surface area contributed by atoms with Gasteiger partial charge in [-0.3, -0.25) is 28.9 Å². The molecule has 1 saturated heterocycles. The van der Waals surface area contributed by atoms with Crippen LogP contribution in [0.5, 0.6) is 0 Å². The highest BCUT2D eigenvalue weighted by molar-refractivity contribution is 6.30. The summed E-state index contributed by atoms with van der Waals surface area (Å²) in [4.78, 5) is 74.8. The van der Waals surface area contributed by atoms with Gasteiger partial charge in [-0.15, -0.1) is 0 Å². The number of carbonyl (C=O) groups is 6. The lowest BCUT2D eigenvalue weighted by Gasteiger charge is -2.20. The molecule has 1 fully saturated rings. The molecular formula is C23H19N3O7. The number of ether oxygens (including phenoxy) is 1. The fourth-order valence-corrected chi connectivity index (χ4v) is 3.72. The fraction of sp³-hybridized carbons (Fsp3) is 0.217. The minimum Gasteiger partial charge on any atom is -0.454 e. The van der Waals surface area contributed by atoms with Crippen LogP contribution in [0.15, 0.2) is 42.5 Å². The Kier molecular flexibility index (Phi) is 5.28. The van der Waals surface area contributed by atoms with Crippen LogP contribution in [0.25, 0.3) is 0 Å². The summed E-state index contributed by atoms with van der Waals surface area (Å²) in [6.07, 6.45) is 0. The van der Waals surface area contributed by atoms with Crippen LogP contribution in [0.2, 0.25) is 0 Å². The summed E-state index contributed by atoms with van der Waals surface area (Å²) in [6.45, 7) is 1.63. The quantitative estimate of drug-likeness (QED) is 0.442. The number of benzene rings is 2. The van der Waals surface area contributed by atoms with Crippen molar-refractivity contribution in [2.45, 2.75) is 19.4 Å². The zero-order valence-corrected chi connectivity index (χ0v) is 17.8. The van der Waals surface area contributed by atoms with E-state index in [0.717, 1.165) is 0 Å². The van der Waals surface area contributed by atoms with E-state index in [9.17, 15) is 28.8 Å². The van der Waals surface area contributed by atoms with E-state index in [1.807, 2.05) is 0 Å². The van der Waals surface area contributed by atoms with Crippen LogP contribution < -0.4 is 10.6 Å². The first-order valence-corrected chi connectivity index (χ1v) is 10.0. The first-order chi connectivity index (χ1) is 15.6. The van der Waals surface area contributed by atoms with E-state index >= 15 is 0 Å². The molecule has 10 nitrogen and oxygen atoms in total. The summed E-state index contributed by atoms with van der Waals surface area (Å²) in [7, 11) is 0. The van der Waals surface area contributed by atoms with Gasteiger partial charge >= 0.3 is 12.0 Å². The van der Waals surface area contributed by atoms with E-state index in [1.54, 1.807) is 18.2 Å². The molecule has 0 bridgehead atoms. The van der Waals surface area contributed by atoms with Gasteiger partial charge in [-0.25, -0.2) is 4.79 Å². The Bertz CT molecular complexity index is 1250. The highest BCUT2D eigenvalue weighted by atomic mass is 16.5. The van der Waals surface area contributed by atoms with E-state index in [1.165, 1.54) is 38.1 Å². The van der Waals surface area contributed by atoms with Crippen LogP contribution in [0.3, 0.4) is 0 Å². The van der Waals surface area contributed by atoms with Gasteiger partial charge in [0.05, 0.1) is 11.3 Å². The Balaban J connectivity index is 1.43. The first-order valence-electron chi connectivity index (χ1n) is 10.0.